The fraction of sp³-hybridized carbons (Fsp3) is 0.333. The third kappa shape index (κ3) is 4.94. The highest BCUT2D eigenvalue weighted by molar-refractivity contribution is 6.03. The van der Waals surface area contributed by atoms with Crippen molar-refractivity contribution < 1.29 is 39.5 Å². The van der Waals surface area contributed by atoms with Gasteiger partial charge in [0.15, 0.2) is 12.6 Å². The maximum atomic E-state index is 11.7. The van der Waals surface area contributed by atoms with E-state index in [1.807, 2.05) is 0 Å². The number of benzene rings is 1. The highest BCUT2D eigenvalue weighted by Crippen LogP contribution is 2.12. The summed E-state index contributed by atoms with van der Waals surface area (Å²) >= 11 is 0. The molecule has 8 nitrogen and oxygen atoms in total. The summed E-state index contributed by atoms with van der Waals surface area (Å²) in [5.41, 5.74) is -0.267. The highest BCUT2D eigenvalue weighted by Gasteiger charge is 2.20. The molecule has 0 unspecified atom stereocenters. The second-order valence-electron chi connectivity index (χ2n) is 3.70. The Bertz CT molecular complexity index is 425. The first kappa shape index (κ1) is 16.1. The zero-order valence-corrected chi connectivity index (χ0v) is 10.3. The van der Waals surface area contributed by atoms with Gasteiger partial charge in [-0.25, -0.2) is 9.59 Å². The first-order chi connectivity index (χ1) is 9.41. The van der Waals surface area contributed by atoms with Crippen molar-refractivity contribution in [3.63, 3.8) is 0 Å². The van der Waals surface area contributed by atoms with E-state index in [2.05, 4.69) is 9.47 Å². The zero-order valence-electron chi connectivity index (χ0n) is 10.3. The van der Waals surface area contributed by atoms with Crippen LogP contribution in [0.25, 0.3) is 0 Å². The lowest BCUT2D eigenvalue weighted by Crippen LogP contribution is -2.21. The molecule has 0 aliphatic heterocycles. The van der Waals surface area contributed by atoms with E-state index < -0.39 is 37.7 Å². The molecule has 0 aromatic heterocycles. The van der Waals surface area contributed by atoms with E-state index in [0.717, 1.165) is 0 Å². The van der Waals surface area contributed by atoms with E-state index >= 15 is 0 Å². The molecule has 0 fully saturated rings. The normalized spacial score (nSPS) is 10.7. The maximum Gasteiger partial charge on any atom is 0.339 e. The van der Waals surface area contributed by atoms with Crippen LogP contribution in [-0.2, 0) is 9.47 Å². The molecule has 0 atom stereocenters. The van der Waals surface area contributed by atoms with Gasteiger partial charge >= 0.3 is 11.9 Å². The van der Waals surface area contributed by atoms with Gasteiger partial charge in [0.1, 0.15) is 13.2 Å². The maximum absolute atomic E-state index is 11.7. The summed E-state index contributed by atoms with van der Waals surface area (Å²) in [7, 11) is 0. The minimum atomic E-state index is -1.82. The van der Waals surface area contributed by atoms with E-state index in [1.165, 1.54) is 24.3 Å². The van der Waals surface area contributed by atoms with Gasteiger partial charge in [-0.2, -0.15) is 0 Å². The van der Waals surface area contributed by atoms with Gasteiger partial charge in [0.2, 0.25) is 0 Å². The standard InChI is InChI=1S/C12H14O8/c13-9(14)5-19-11(17)7-3-1-2-4-8(7)12(18)20-6-10(15)16/h1-4,9-10,13-16H,5-6H2. The number of ether oxygens (including phenoxy) is 2. The molecule has 20 heavy (non-hydrogen) atoms. The molecular weight excluding hydrogens is 272 g/mol. The molecule has 0 amide bonds. The molecule has 4 N–H and O–H groups in total. The number of carbonyl (C=O) groups is 2. The van der Waals surface area contributed by atoms with Gasteiger partial charge in [0.25, 0.3) is 0 Å². The van der Waals surface area contributed by atoms with E-state index in [4.69, 9.17) is 20.4 Å². The minimum absolute atomic E-state index is 0.134. The van der Waals surface area contributed by atoms with Crippen LogP contribution < -0.4 is 0 Å². The Hall–Kier alpha value is -2.00. The van der Waals surface area contributed by atoms with Gasteiger partial charge in [-0.05, 0) is 12.1 Å². The largest absolute Gasteiger partial charge is 0.457 e. The molecule has 0 saturated heterocycles. The molecule has 1 aromatic carbocycles. The third-order valence-corrected chi connectivity index (χ3v) is 2.09. The van der Waals surface area contributed by atoms with Crippen LogP contribution in [0.3, 0.4) is 0 Å². The van der Waals surface area contributed by atoms with Crippen LogP contribution in [0.1, 0.15) is 20.7 Å². The summed E-state index contributed by atoms with van der Waals surface area (Å²) in [6.07, 6.45) is -3.63. The lowest BCUT2D eigenvalue weighted by Gasteiger charge is -2.10. The summed E-state index contributed by atoms with van der Waals surface area (Å²) in [6.45, 7) is -1.28. The molecule has 0 heterocycles. The summed E-state index contributed by atoms with van der Waals surface area (Å²) in [4.78, 5) is 23.3. The fourth-order valence-corrected chi connectivity index (χ4v) is 1.30. The Morgan fingerprint density at radius 2 is 1.20 bits per heavy atom. The second-order valence-corrected chi connectivity index (χ2v) is 3.70. The van der Waals surface area contributed by atoms with Crippen molar-refractivity contribution in [2.24, 2.45) is 0 Å². The first-order valence-electron chi connectivity index (χ1n) is 5.57. The lowest BCUT2D eigenvalue weighted by atomic mass is 10.1. The number of esters is 2. The fourth-order valence-electron chi connectivity index (χ4n) is 1.30. The Balaban J connectivity index is 2.82. The van der Waals surface area contributed by atoms with Gasteiger partial charge in [-0.15, -0.1) is 0 Å². The lowest BCUT2D eigenvalue weighted by molar-refractivity contribution is -0.0822. The number of aliphatic hydroxyl groups is 4. The first-order valence-corrected chi connectivity index (χ1v) is 5.57. The van der Waals surface area contributed by atoms with Crippen molar-refractivity contribution in [1.82, 2.24) is 0 Å². The predicted octanol–water partition coefficient (Wildman–Crippen LogP) is -1.38. The van der Waals surface area contributed by atoms with Crippen molar-refractivity contribution >= 4 is 11.9 Å². The number of rotatable bonds is 6. The van der Waals surface area contributed by atoms with Gasteiger partial charge < -0.3 is 29.9 Å². The third-order valence-electron chi connectivity index (χ3n) is 2.09. The average molecular weight is 286 g/mol. The Kier molecular flexibility index (Phi) is 6.07. The van der Waals surface area contributed by atoms with Crippen LogP contribution in [0.15, 0.2) is 24.3 Å². The van der Waals surface area contributed by atoms with Crippen LogP contribution in [0, 0.1) is 0 Å². The van der Waals surface area contributed by atoms with Crippen LogP contribution >= 0.6 is 0 Å². The molecule has 110 valence electrons. The minimum Gasteiger partial charge on any atom is -0.457 e. The average Bonchev–Trinajstić information content (AvgIpc) is 2.42. The molecule has 0 radical (unpaired) electrons. The zero-order chi connectivity index (χ0) is 15.1. The molecule has 1 aromatic rings. The van der Waals surface area contributed by atoms with Crippen LogP contribution in [0.5, 0.6) is 0 Å². The van der Waals surface area contributed by atoms with Gasteiger partial charge in [0, 0.05) is 0 Å². The molecule has 0 saturated carbocycles. The molecule has 0 bridgehead atoms. The predicted molar refractivity (Wildman–Crippen MR) is 63.5 cm³/mol. The molecule has 0 aliphatic rings. The Morgan fingerprint density at radius 1 is 0.850 bits per heavy atom. The quantitative estimate of drug-likeness (QED) is 0.371. The van der Waals surface area contributed by atoms with E-state index in [0.29, 0.717) is 0 Å². The summed E-state index contributed by atoms with van der Waals surface area (Å²) in [5, 5.41) is 34.4. The monoisotopic (exact) mass is 286 g/mol. The van der Waals surface area contributed by atoms with Crippen molar-refractivity contribution in [2.45, 2.75) is 12.6 Å². The van der Waals surface area contributed by atoms with Gasteiger partial charge in [-0.1, -0.05) is 12.1 Å². The number of aliphatic hydroxyl groups excluding tert-OH is 2. The van der Waals surface area contributed by atoms with Crippen molar-refractivity contribution in [1.29, 1.82) is 0 Å². The topological polar surface area (TPSA) is 134 Å². The second kappa shape index (κ2) is 7.56. The summed E-state index contributed by atoms with van der Waals surface area (Å²) in [5.74, 6) is -1.87. The van der Waals surface area contributed by atoms with Crippen LogP contribution in [-0.4, -0.2) is 58.2 Å². The van der Waals surface area contributed by atoms with Crippen molar-refractivity contribution in [3.8, 4) is 0 Å². The van der Waals surface area contributed by atoms with Crippen LogP contribution in [0.2, 0.25) is 0 Å². The van der Waals surface area contributed by atoms with E-state index in [9.17, 15) is 9.59 Å². The van der Waals surface area contributed by atoms with Gasteiger partial charge in [0.05, 0.1) is 11.1 Å². The van der Waals surface area contributed by atoms with E-state index in [-0.39, 0.29) is 11.1 Å². The van der Waals surface area contributed by atoms with Crippen molar-refractivity contribution in [3.05, 3.63) is 35.4 Å². The van der Waals surface area contributed by atoms with Gasteiger partial charge in [-0.3, -0.25) is 0 Å². The molecule has 1 rings (SSSR count). The summed E-state index contributed by atoms with van der Waals surface area (Å²) < 4.78 is 9.12. The van der Waals surface area contributed by atoms with Crippen LogP contribution in [0.4, 0.5) is 0 Å². The summed E-state index contributed by atoms with van der Waals surface area (Å²) in [6, 6.07) is 5.53. The molecular formula is C12H14O8. The SMILES string of the molecule is O=C(OCC(O)O)c1ccccc1C(=O)OCC(O)O. The molecule has 8 heteroatoms. The Morgan fingerprint density at radius 3 is 1.50 bits per heavy atom. The molecule has 0 spiro atoms. The highest BCUT2D eigenvalue weighted by atomic mass is 16.6. The van der Waals surface area contributed by atoms with Crippen molar-refractivity contribution in [2.75, 3.05) is 13.2 Å². The number of hydrogen-bond donors (Lipinski definition) is 4. The number of carbonyl (C=O) groups excluding carboxylic acids is 2. The van der Waals surface area contributed by atoms with E-state index in [1.54, 1.807) is 0 Å². The smallest absolute Gasteiger partial charge is 0.339 e. The Labute approximate surface area is 113 Å². The molecule has 0 aliphatic carbocycles. The number of hydrogen-bond acceptors (Lipinski definition) is 8.